The fourth-order valence-electron chi connectivity index (χ4n) is 1.22. The van der Waals surface area contributed by atoms with E-state index in [0.29, 0.717) is 17.1 Å². The van der Waals surface area contributed by atoms with Crippen molar-refractivity contribution in [2.45, 2.75) is 6.04 Å². The molecule has 3 N–H and O–H groups in total. The van der Waals surface area contributed by atoms with Gasteiger partial charge in [-0.2, -0.15) is 0 Å². The predicted octanol–water partition coefficient (Wildman–Crippen LogP) is 0.788. The van der Waals surface area contributed by atoms with Gasteiger partial charge in [-0.3, -0.25) is 4.79 Å². The minimum absolute atomic E-state index is 0.393. The minimum atomic E-state index is -1.12. The number of carbonyl (C=O) groups is 1. The van der Waals surface area contributed by atoms with E-state index in [-0.39, 0.29) is 0 Å². The standard InChI is InChI=1S/C10H13NO4/c1-14-6-3-4-8(15-2)7(5-6)9(11)10(12)13/h3-5,9H,11H2,1-2H3,(H,12,13). The lowest BCUT2D eigenvalue weighted by molar-refractivity contribution is -0.138. The van der Waals surface area contributed by atoms with Gasteiger partial charge in [0.25, 0.3) is 0 Å². The zero-order valence-corrected chi connectivity index (χ0v) is 8.56. The number of benzene rings is 1. The van der Waals surface area contributed by atoms with Gasteiger partial charge in [-0.05, 0) is 18.2 Å². The van der Waals surface area contributed by atoms with Crippen LogP contribution in [0.25, 0.3) is 0 Å². The lowest BCUT2D eigenvalue weighted by atomic mass is 10.1. The van der Waals surface area contributed by atoms with Gasteiger partial charge in [0.05, 0.1) is 14.2 Å². The van der Waals surface area contributed by atoms with Gasteiger partial charge in [-0.1, -0.05) is 0 Å². The highest BCUT2D eigenvalue weighted by atomic mass is 16.5. The smallest absolute Gasteiger partial charge is 0.325 e. The lowest BCUT2D eigenvalue weighted by Crippen LogP contribution is -2.21. The second-order valence-corrected chi connectivity index (χ2v) is 2.92. The summed E-state index contributed by atoms with van der Waals surface area (Å²) in [4.78, 5) is 10.7. The normalized spacial score (nSPS) is 11.9. The summed E-state index contributed by atoms with van der Waals surface area (Å²) in [6.07, 6.45) is 0. The quantitative estimate of drug-likeness (QED) is 0.769. The predicted molar refractivity (Wildman–Crippen MR) is 54.1 cm³/mol. The maximum atomic E-state index is 10.7. The van der Waals surface area contributed by atoms with Crippen LogP contribution in [-0.4, -0.2) is 25.3 Å². The maximum Gasteiger partial charge on any atom is 0.325 e. The van der Waals surface area contributed by atoms with Gasteiger partial charge in [0.2, 0.25) is 0 Å². The summed E-state index contributed by atoms with van der Waals surface area (Å²) >= 11 is 0. The molecule has 0 aliphatic carbocycles. The molecule has 15 heavy (non-hydrogen) atoms. The zero-order chi connectivity index (χ0) is 11.4. The van der Waals surface area contributed by atoms with Crippen LogP contribution >= 0.6 is 0 Å². The van der Waals surface area contributed by atoms with Crippen LogP contribution in [0.1, 0.15) is 11.6 Å². The van der Waals surface area contributed by atoms with Crippen LogP contribution in [0.2, 0.25) is 0 Å². The molecule has 0 heterocycles. The number of nitrogens with two attached hydrogens (primary N) is 1. The number of aliphatic carboxylic acids is 1. The summed E-state index contributed by atoms with van der Waals surface area (Å²) in [6.45, 7) is 0. The van der Waals surface area contributed by atoms with Crippen LogP contribution in [0, 0.1) is 0 Å². The maximum absolute atomic E-state index is 10.7. The van der Waals surface area contributed by atoms with Gasteiger partial charge >= 0.3 is 5.97 Å². The number of hydrogen-bond acceptors (Lipinski definition) is 4. The first-order valence-corrected chi connectivity index (χ1v) is 4.30. The van der Waals surface area contributed by atoms with Gasteiger partial charge in [0, 0.05) is 5.56 Å². The van der Waals surface area contributed by atoms with E-state index < -0.39 is 12.0 Å². The SMILES string of the molecule is COc1ccc(OC)c(C(N)C(=O)O)c1. The number of hydrogen-bond donors (Lipinski definition) is 2. The van der Waals surface area contributed by atoms with Gasteiger partial charge in [-0.25, -0.2) is 0 Å². The highest BCUT2D eigenvalue weighted by Crippen LogP contribution is 2.28. The Hall–Kier alpha value is -1.75. The average Bonchev–Trinajstić information content (AvgIpc) is 2.27. The van der Waals surface area contributed by atoms with Crippen LogP contribution in [-0.2, 0) is 4.79 Å². The molecule has 0 fully saturated rings. The molecule has 82 valence electrons. The molecule has 0 radical (unpaired) electrons. The summed E-state index contributed by atoms with van der Waals surface area (Å²) in [6, 6.07) is 3.74. The molecule has 0 aliphatic heterocycles. The van der Waals surface area contributed by atoms with Crippen LogP contribution in [0.3, 0.4) is 0 Å². The molecule has 1 unspecified atom stereocenters. The van der Waals surface area contributed by atoms with Crippen molar-refractivity contribution < 1.29 is 19.4 Å². The third kappa shape index (κ3) is 2.38. The Bertz CT molecular complexity index is 364. The van der Waals surface area contributed by atoms with E-state index in [1.165, 1.54) is 14.2 Å². The minimum Gasteiger partial charge on any atom is -0.497 e. The van der Waals surface area contributed by atoms with E-state index >= 15 is 0 Å². The highest BCUT2D eigenvalue weighted by molar-refractivity contribution is 5.76. The number of rotatable bonds is 4. The zero-order valence-electron chi connectivity index (χ0n) is 8.56. The Balaban J connectivity index is 3.16. The van der Waals surface area contributed by atoms with Crippen LogP contribution < -0.4 is 15.2 Å². The van der Waals surface area contributed by atoms with Crippen molar-refractivity contribution in [2.75, 3.05) is 14.2 Å². The largest absolute Gasteiger partial charge is 0.497 e. The molecule has 0 saturated heterocycles. The Morgan fingerprint density at radius 3 is 2.53 bits per heavy atom. The molecule has 1 aromatic rings. The fourth-order valence-corrected chi connectivity index (χ4v) is 1.22. The number of ether oxygens (including phenoxy) is 2. The number of carboxylic acid groups (broad SMARTS) is 1. The molecule has 0 spiro atoms. The fraction of sp³-hybridized carbons (Fsp3) is 0.300. The summed E-state index contributed by atoms with van der Waals surface area (Å²) in [5.41, 5.74) is 5.90. The summed E-state index contributed by atoms with van der Waals surface area (Å²) < 4.78 is 10.00. The Morgan fingerprint density at radius 2 is 2.07 bits per heavy atom. The van der Waals surface area contributed by atoms with E-state index in [1.807, 2.05) is 0 Å². The average molecular weight is 211 g/mol. The number of methoxy groups -OCH3 is 2. The molecular weight excluding hydrogens is 198 g/mol. The molecule has 0 amide bonds. The molecule has 1 aromatic carbocycles. The first-order valence-electron chi connectivity index (χ1n) is 4.30. The second kappa shape index (κ2) is 4.65. The van der Waals surface area contributed by atoms with E-state index in [9.17, 15) is 4.79 Å². The third-order valence-electron chi connectivity index (χ3n) is 2.04. The van der Waals surface area contributed by atoms with Gasteiger partial charge < -0.3 is 20.3 Å². The van der Waals surface area contributed by atoms with Crippen molar-refractivity contribution in [3.63, 3.8) is 0 Å². The third-order valence-corrected chi connectivity index (χ3v) is 2.04. The van der Waals surface area contributed by atoms with E-state index in [0.717, 1.165) is 0 Å². The van der Waals surface area contributed by atoms with E-state index in [4.69, 9.17) is 20.3 Å². The number of carboxylic acids is 1. The van der Waals surface area contributed by atoms with Crippen molar-refractivity contribution >= 4 is 5.97 Å². The molecule has 0 aromatic heterocycles. The molecule has 0 saturated carbocycles. The molecular formula is C10H13NO4. The van der Waals surface area contributed by atoms with E-state index in [1.54, 1.807) is 18.2 Å². The summed E-state index contributed by atoms with van der Waals surface area (Å²) in [7, 11) is 2.96. The lowest BCUT2D eigenvalue weighted by Gasteiger charge is -2.13. The summed E-state index contributed by atoms with van der Waals surface area (Å²) in [5, 5.41) is 8.80. The molecule has 5 nitrogen and oxygen atoms in total. The Kier molecular flexibility index (Phi) is 3.51. The van der Waals surface area contributed by atoms with Crippen LogP contribution in [0.4, 0.5) is 0 Å². The topological polar surface area (TPSA) is 81.8 Å². The molecule has 0 bridgehead atoms. The van der Waals surface area contributed by atoms with Crippen LogP contribution in [0.5, 0.6) is 11.5 Å². The molecule has 5 heteroatoms. The Morgan fingerprint density at radius 1 is 1.40 bits per heavy atom. The monoisotopic (exact) mass is 211 g/mol. The van der Waals surface area contributed by atoms with Crippen molar-refractivity contribution in [2.24, 2.45) is 5.73 Å². The highest BCUT2D eigenvalue weighted by Gasteiger charge is 2.19. The van der Waals surface area contributed by atoms with Crippen molar-refractivity contribution in [1.29, 1.82) is 0 Å². The van der Waals surface area contributed by atoms with Gasteiger partial charge in [0.1, 0.15) is 17.5 Å². The van der Waals surface area contributed by atoms with Crippen molar-refractivity contribution in [1.82, 2.24) is 0 Å². The Labute approximate surface area is 87.4 Å². The van der Waals surface area contributed by atoms with Crippen LogP contribution in [0.15, 0.2) is 18.2 Å². The molecule has 1 atom stereocenters. The van der Waals surface area contributed by atoms with Gasteiger partial charge in [0.15, 0.2) is 0 Å². The molecule has 1 rings (SSSR count). The van der Waals surface area contributed by atoms with Crippen molar-refractivity contribution in [3.05, 3.63) is 23.8 Å². The molecule has 0 aliphatic rings. The first kappa shape index (κ1) is 11.3. The van der Waals surface area contributed by atoms with E-state index in [2.05, 4.69) is 0 Å². The second-order valence-electron chi connectivity index (χ2n) is 2.92. The summed E-state index contributed by atoms with van der Waals surface area (Å²) in [5.74, 6) is -0.130. The van der Waals surface area contributed by atoms with Gasteiger partial charge in [-0.15, -0.1) is 0 Å². The first-order chi connectivity index (χ1) is 7.10. The van der Waals surface area contributed by atoms with Crippen molar-refractivity contribution in [3.8, 4) is 11.5 Å².